The van der Waals surface area contributed by atoms with Crippen LogP contribution in [0.15, 0.2) is 24.3 Å². The average Bonchev–Trinajstić information content (AvgIpc) is 2.52. The fourth-order valence-electron chi connectivity index (χ4n) is 3.17. The van der Waals surface area contributed by atoms with Crippen molar-refractivity contribution in [3.63, 3.8) is 0 Å². The van der Waals surface area contributed by atoms with Crippen molar-refractivity contribution in [2.45, 2.75) is 64.2 Å². The fraction of sp³-hybridized carbons (Fsp3) is 0.684. The van der Waals surface area contributed by atoms with Crippen LogP contribution in [0.25, 0.3) is 0 Å². The van der Waals surface area contributed by atoms with Gasteiger partial charge in [-0.25, -0.2) is 0 Å². The van der Waals surface area contributed by atoms with Crippen LogP contribution in [0.5, 0.6) is 0 Å². The topological polar surface area (TPSA) is 12.0 Å². The second-order valence-corrected chi connectivity index (χ2v) is 7.85. The molecule has 0 spiro atoms. The zero-order valence-corrected chi connectivity index (χ0v) is 14.9. The Morgan fingerprint density at radius 3 is 2.62 bits per heavy atom. The molecule has 1 N–H and O–H groups in total. The highest BCUT2D eigenvalue weighted by Gasteiger charge is 2.32. The van der Waals surface area contributed by atoms with Gasteiger partial charge in [-0.2, -0.15) is 11.8 Å². The zero-order chi connectivity index (χ0) is 15.2. The van der Waals surface area contributed by atoms with Crippen molar-refractivity contribution in [1.82, 2.24) is 5.32 Å². The van der Waals surface area contributed by atoms with Gasteiger partial charge < -0.3 is 5.32 Å². The van der Waals surface area contributed by atoms with Crippen LogP contribution in [0.1, 0.15) is 70.0 Å². The van der Waals surface area contributed by atoms with Gasteiger partial charge in [0.05, 0.1) is 0 Å². The molecule has 0 saturated carbocycles. The molecule has 118 valence electrons. The Morgan fingerprint density at radius 2 is 1.95 bits per heavy atom. The van der Waals surface area contributed by atoms with Crippen LogP contribution in [0, 0.1) is 5.92 Å². The molecule has 0 aromatic heterocycles. The summed E-state index contributed by atoms with van der Waals surface area (Å²) in [6.45, 7) is 10.4. The number of benzene rings is 1. The van der Waals surface area contributed by atoms with Gasteiger partial charge in [-0.05, 0) is 48.1 Å². The van der Waals surface area contributed by atoms with Crippen LogP contribution in [0.3, 0.4) is 0 Å². The van der Waals surface area contributed by atoms with E-state index in [1.807, 2.05) is 0 Å². The average molecular weight is 306 g/mol. The Labute approximate surface area is 135 Å². The van der Waals surface area contributed by atoms with E-state index in [1.165, 1.54) is 25.0 Å². The summed E-state index contributed by atoms with van der Waals surface area (Å²) in [7, 11) is 0. The summed E-state index contributed by atoms with van der Waals surface area (Å²) in [4.78, 5) is 0. The lowest BCUT2D eigenvalue weighted by molar-refractivity contribution is 0.443. The van der Waals surface area contributed by atoms with Crippen LogP contribution >= 0.6 is 11.8 Å². The van der Waals surface area contributed by atoms with E-state index in [0.29, 0.717) is 12.0 Å². The molecule has 1 nitrogen and oxygen atoms in total. The lowest BCUT2D eigenvalue weighted by atomic mass is 9.80. The van der Waals surface area contributed by atoms with Gasteiger partial charge in [-0.3, -0.25) is 0 Å². The number of thioether (sulfide) groups is 1. The first-order valence-electron chi connectivity index (χ1n) is 8.61. The van der Waals surface area contributed by atoms with Gasteiger partial charge in [0.1, 0.15) is 0 Å². The predicted octanol–water partition coefficient (Wildman–Crippen LogP) is 5.38. The lowest BCUT2D eigenvalue weighted by Gasteiger charge is -2.37. The summed E-state index contributed by atoms with van der Waals surface area (Å²) < 4.78 is 0. The molecule has 0 heterocycles. The summed E-state index contributed by atoms with van der Waals surface area (Å²) in [6, 6.07) is 9.60. The van der Waals surface area contributed by atoms with E-state index in [0.717, 1.165) is 17.7 Å². The van der Waals surface area contributed by atoms with Crippen LogP contribution in [-0.4, -0.2) is 17.5 Å². The molecule has 0 saturated heterocycles. The van der Waals surface area contributed by atoms with Gasteiger partial charge in [0.2, 0.25) is 0 Å². The van der Waals surface area contributed by atoms with E-state index in [9.17, 15) is 0 Å². The first-order valence-corrected chi connectivity index (χ1v) is 9.66. The third kappa shape index (κ3) is 4.26. The number of nitrogens with one attached hydrogen (secondary N) is 1. The Balaban J connectivity index is 2.15. The minimum atomic E-state index is 0.534. The molecule has 2 heteroatoms. The maximum absolute atomic E-state index is 3.82. The van der Waals surface area contributed by atoms with Crippen molar-refractivity contribution in [2.24, 2.45) is 5.92 Å². The molecule has 1 aliphatic rings. The van der Waals surface area contributed by atoms with Crippen molar-refractivity contribution in [3.05, 3.63) is 35.4 Å². The van der Waals surface area contributed by atoms with E-state index in [4.69, 9.17) is 0 Å². The van der Waals surface area contributed by atoms with E-state index in [1.54, 1.807) is 11.1 Å². The second-order valence-electron chi connectivity index (χ2n) is 6.58. The van der Waals surface area contributed by atoms with Crippen molar-refractivity contribution in [1.29, 1.82) is 0 Å². The van der Waals surface area contributed by atoms with Gasteiger partial charge in [0.15, 0.2) is 0 Å². The predicted molar refractivity (Wildman–Crippen MR) is 96.2 cm³/mol. The summed E-state index contributed by atoms with van der Waals surface area (Å²) in [5, 5.41) is 4.54. The molecule has 0 amide bonds. The minimum absolute atomic E-state index is 0.534. The molecule has 1 aromatic rings. The maximum atomic E-state index is 3.82. The van der Waals surface area contributed by atoms with E-state index >= 15 is 0 Å². The van der Waals surface area contributed by atoms with Crippen molar-refractivity contribution in [3.8, 4) is 0 Å². The van der Waals surface area contributed by atoms with Gasteiger partial charge >= 0.3 is 0 Å². The molecule has 2 rings (SSSR count). The van der Waals surface area contributed by atoms with Gasteiger partial charge in [0.25, 0.3) is 0 Å². The Kier molecular flexibility index (Phi) is 6.63. The standard InChI is InChI=1S/C19H31NS/c1-5-11-20-19-17-10-8-7-9-16(17)15(4)12-18(19)21-13-14(3)6-2/h7-10,14-15,18-20H,5-6,11-13H2,1-4H3. The van der Waals surface area contributed by atoms with E-state index < -0.39 is 0 Å². The maximum Gasteiger partial charge on any atom is 0.0443 e. The highest BCUT2D eigenvalue weighted by molar-refractivity contribution is 7.99. The molecule has 4 atom stereocenters. The largest absolute Gasteiger partial charge is 0.309 e. The van der Waals surface area contributed by atoms with Crippen LogP contribution in [0.4, 0.5) is 0 Å². The molecule has 0 bridgehead atoms. The zero-order valence-electron chi connectivity index (χ0n) is 14.1. The Morgan fingerprint density at radius 1 is 1.24 bits per heavy atom. The lowest BCUT2D eigenvalue weighted by Crippen LogP contribution is -2.36. The van der Waals surface area contributed by atoms with Gasteiger partial charge in [-0.1, -0.05) is 58.4 Å². The molecule has 4 unspecified atom stereocenters. The van der Waals surface area contributed by atoms with Crippen LogP contribution in [0.2, 0.25) is 0 Å². The summed E-state index contributed by atoms with van der Waals surface area (Å²) in [5.41, 5.74) is 3.11. The number of hydrogen-bond donors (Lipinski definition) is 1. The van der Waals surface area contributed by atoms with Crippen LogP contribution in [-0.2, 0) is 0 Å². The number of rotatable bonds is 7. The normalized spacial score (nSPS) is 26.4. The summed E-state index contributed by atoms with van der Waals surface area (Å²) >= 11 is 2.19. The highest BCUT2D eigenvalue weighted by atomic mass is 32.2. The highest BCUT2D eigenvalue weighted by Crippen LogP contribution is 2.43. The minimum Gasteiger partial charge on any atom is -0.309 e. The monoisotopic (exact) mass is 305 g/mol. The molecular formula is C19H31NS. The molecule has 0 fully saturated rings. The second kappa shape index (κ2) is 8.24. The third-order valence-electron chi connectivity index (χ3n) is 4.73. The van der Waals surface area contributed by atoms with Gasteiger partial charge in [-0.15, -0.1) is 0 Å². The van der Waals surface area contributed by atoms with Crippen LogP contribution < -0.4 is 5.32 Å². The molecule has 1 aromatic carbocycles. The Hall–Kier alpha value is -0.470. The number of hydrogen-bond acceptors (Lipinski definition) is 2. The van der Waals surface area contributed by atoms with Crippen molar-refractivity contribution >= 4 is 11.8 Å². The van der Waals surface area contributed by atoms with Gasteiger partial charge in [0, 0.05) is 11.3 Å². The fourth-order valence-corrected chi connectivity index (χ4v) is 4.84. The third-order valence-corrected chi connectivity index (χ3v) is 6.38. The molecular weight excluding hydrogens is 274 g/mol. The van der Waals surface area contributed by atoms with E-state index in [-0.39, 0.29) is 0 Å². The quantitative estimate of drug-likeness (QED) is 0.725. The molecule has 0 aliphatic heterocycles. The first kappa shape index (κ1) is 16.9. The summed E-state index contributed by atoms with van der Waals surface area (Å²) in [5.74, 6) is 2.81. The summed E-state index contributed by atoms with van der Waals surface area (Å²) in [6.07, 6.45) is 3.80. The SMILES string of the molecule is CCCNC1c2ccccc2C(C)CC1SCC(C)CC. The molecule has 1 aliphatic carbocycles. The molecule has 0 radical (unpaired) electrons. The number of fused-ring (bicyclic) bond motifs is 1. The van der Waals surface area contributed by atoms with Crippen molar-refractivity contribution < 1.29 is 0 Å². The smallest absolute Gasteiger partial charge is 0.0443 e. The van der Waals surface area contributed by atoms with Crippen molar-refractivity contribution in [2.75, 3.05) is 12.3 Å². The first-order chi connectivity index (χ1) is 10.2. The molecule has 21 heavy (non-hydrogen) atoms. The van der Waals surface area contributed by atoms with E-state index in [2.05, 4.69) is 69.0 Å². The Bertz CT molecular complexity index is 431.